The maximum atomic E-state index is 9.68. The van der Waals surface area contributed by atoms with E-state index in [9.17, 15) is 5.11 Å². The van der Waals surface area contributed by atoms with E-state index in [1.807, 2.05) is 0 Å². The molecule has 2 aliphatic heterocycles. The van der Waals surface area contributed by atoms with E-state index < -0.39 is 0 Å². The molecule has 0 spiro atoms. The summed E-state index contributed by atoms with van der Waals surface area (Å²) in [6.07, 6.45) is 2.14. The fraction of sp³-hybridized carbons (Fsp3) is 0.647. The summed E-state index contributed by atoms with van der Waals surface area (Å²) >= 11 is 0. The lowest BCUT2D eigenvalue weighted by molar-refractivity contribution is -0.151. The maximum Gasteiger partial charge on any atom is 0.0622 e. The third kappa shape index (κ3) is 3.64. The first kappa shape index (κ1) is 15.0. The molecular weight excluding hydrogens is 266 g/mol. The number of hydrogen-bond donors (Lipinski definition) is 1. The van der Waals surface area contributed by atoms with Gasteiger partial charge < -0.3 is 14.6 Å². The average molecular weight is 291 g/mol. The molecule has 2 aliphatic rings. The van der Waals surface area contributed by atoms with Gasteiger partial charge in [0.25, 0.3) is 0 Å². The molecule has 1 unspecified atom stereocenters. The Kier molecular flexibility index (Phi) is 4.91. The molecule has 4 heteroatoms. The Morgan fingerprint density at radius 1 is 1.19 bits per heavy atom. The highest BCUT2D eigenvalue weighted by Gasteiger charge is 2.41. The second kappa shape index (κ2) is 6.88. The Bertz CT molecular complexity index is 421. The predicted octanol–water partition coefficient (Wildman–Crippen LogP) is 1.33. The van der Waals surface area contributed by atoms with Crippen molar-refractivity contribution < 1.29 is 14.6 Å². The molecule has 0 aliphatic carbocycles. The molecule has 2 saturated heterocycles. The number of ether oxygens (including phenoxy) is 2. The van der Waals surface area contributed by atoms with Crippen LogP contribution >= 0.6 is 0 Å². The van der Waals surface area contributed by atoms with Gasteiger partial charge in [0.15, 0.2) is 0 Å². The third-order valence-electron chi connectivity index (χ3n) is 4.64. The van der Waals surface area contributed by atoms with Crippen LogP contribution in [-0.2, 0) is 15.9 Å². The molecule has 1 aromatic carbocycles. The topological polar surface area (TPSA) is 41.9 Å². The van der Waals surface area contributed by atoms with Crippen molar-refractivity contribution in [1.82, 2.24) is 4.90 Å². The number of aliphatic hydroxyl groups is 1. The standard InChI is InChI=1S/C17H25NO3/c19-12-17(13-21-14-17)11-18(16-7-9-20-10-16)8-6-15-4-2-1-3-5-15/h1-5,16,19H,6-14H2. The summed E-state index contributed by atoms with van der Waals surface area (Å²) < 4.78 is 10.9. The van der Waals surface area contributed by atoms with Gasteiger partial charge >= 0.3 is 0 Å². The van der Waals surface area contributed by atoms with Crippen LogP contribution in [0, 0.1) is 5.41 Å². The van der Waals surface area contributed by atoms with Crippen molar-refractivity contribution in [1.29, 1.82) is 0 Å². The molecule has 0 radical (unpaired) electrons. The lowest BCUT2D eigenvalue weighted by atomic mass is 9.85. The van der Waals surface area contributed by atoms with Crippen LogP contribution in [0.25, 0.3) is 0 Å². The van der Waals surface area contributed by atoms with Crippen LogP contribution in [0.2, 0.25) is 0 Å². The van der Waals surface area contributed by atoms with Crippen molar-refractivity contribution >= 4 is 0 Å². The Morgan fingerprint density at radius 2 is 2.00 bits per heavy atom. The van der Waals surface area contributed by atoms with Crippen molar-refractivity contribution in [3.63, 3.8) is 0 Å². The van der Waals surface area contributed by atoms with Crippen LogP contribution in [-0.4, -0.2) is 62.2 Å². The van der Waals surface area contributed by atoms with Gasteiger partial charge in [0, 0.05) is 25.7 Å². The summed E-state index contributed by atoms with van der Waals surface area (Å²) in [4.78, 5) is 2.50. The van der Waals surface area contributed by atoms with Crippen molar-refractivity contribution in [3.8, 4) is 0 Å². The van der Waals surface area contributed by atoms with Crippen LogP contribution in [0.5, 0.6) is 0 Å². The van der Waals surface area contributed by atoms with E-state index in [1.165, 1.54) is 5.56 Å². The Hall–Kier alpha value is -0.940. The normalized spacial score (nSPS) is 24.2. The Balaban J connectivity index is 1.61. The fourth-order valence-electron chi connectivity index (χ4n) is 3.17. The number of hydrogen-bond acceptors (Lipinski definition) is 4. The lowest BCUT2D eigenvalue weighted by Crippen LogP contribution is -2.55. The molecule has 0 aromatic heterocycles. The van der Waals surface area contributed by atoms with E-state index in [4.69, 9.17) is 9.47 Å². The molecule has 21 heavy (non-hydrogen) atoms. The smallest absolute Gasteiger partial charge is 0.0622 e. The average Bonchev–Trinajstić information content (AvgIpc) is 3.01. The zero-order chi connectivity index (χ0) is 14.5. The van der Waals surface area contributed by atoms with E-state index in [0.717, 1.165) is 39.1 Å². The summed E-state index contributed by atoms with van der Waals surface area (Å²) in [7, 11) is 0. The zero-order valence-electron chi connectivity index (χ0n) is 12.5. The predicted molar refractivity (Wildman–Crippen MR) is 81.3 cm³/mol. The van der Waals surface area contributed by atoms with E-state index in [0.29, 0.717) is 19.3 Å². The summed E-state index contributed by atoms with van der Waals surface area (Å²) in [5.41, 5.74) is 1.31. The molecule has 4 nitrogen and oxygen atoms in total. The minimum absolute atomic E-state index is 0.0563. The van der Waals surface area contributed by atoms with Crippen molar-refractivity contribution in [2.24, 2.45) is 5.41 Å². The van der Waals surface area contributed by atoms with Gasteiger partial charge in [-0.15, -0.1) is 0 Å². The number of aliphatic hydroxyl groups excluding tert-OH is 1. The molecule has 2 fully saturated rings. The SMILES string of the molecule is OCC1(CN(CCc2ccccc2)C2CCOC2)COC1. The first-order chi connectivity index (χ1) is 10.3. The molecule has 3 rings (SSSR count). The Morgan fingerprint density at radius 3 is 2.57 bits per heavy atom. The molecule has 116 valence electrons. The summed E-state index contributed by atoms with van der Waals surface area (Å²) in [6.45, 7) is 5.16. The van der Waals surface area contributed by atoms with Gasteiger partial charge in [0.05, 0.1) is 31.8 Å². The summed E-state index contributed by atoms with van der Waals surface area (Å²) in [6, 6.07) is 11.1. The van der Waals surface area contributed by atoms with Crippen LogP contribution in [0.1, 0.15) is 12.0 Å². The van der Waals surface area contributed by atoms with Gasteiger partial charge in [-0.05, 0) is 18.4 Å². The monoisotopic (exact) mass is 291 g/mol. The number of nitrogens with zero attached hydrogens (tertiary/aromatic N) is 1. The first-order valence-electron chi connectivity index (χ1n) is 7.86. The number of benzene rings is 1. The second-order valence-corrected chi connectivity index (χ2v) is 6.37. The molecule has 1 aromatic rings. The second-order valence-electron chi connectivity index (χ2n) is 6.37. The van der Waals surface area contributed by atoms with Gasteiger partial charge in [-0.3, -0.25) is 4.90 Å². The quantitative estimate of drug-likeness (QED) is 0.823. The maximum absolute atomic E-state index is 9.68. The number of rotatable bonds is 7. The van der Waals surface area contributed by atoms with Crippen LogP contribution in [0.15, 0.2) is 30.3 Å². The Labute approximate surface area is 126 Å². The lowest BCUT2D eigenvalue weighted by Gasteiger charge is -2.44. The summed E-state index contributed by atoms with van der Waals surface area (Å²) in [5.74, 6) is 0. The molecule has 2 heterocycles. The molecule has 1 N–H and O–H groups in total. The molecule has 1 atom stereocenters. The highest BCUT2D eigenvalue weighted by atomic mass is 16.5. The van der Waals surface area contributed by atoms with E-state index in [2.05, 4.69) is 35.2 Å². The van der Waals surface area contributed by atoms with Crippen molar-refractivity contribution in [2.75, 3.05) is 46.1 Å². The fourth-order valence-corrected chi connectivity index (χ4v) is 3.17. The third-order valence-corrected chi connectivity index (χ3v) is 4.64. The van der Waals surface area contributed by atoms with E-state index >= 15 is 0 Å². The van der Waals surface area contributed by atoms with Gasteiger partial charge in [-0.1, -0.05) is 30.3 Å². The van der Waals surface area contributed by atoms with Crippen molar-refractivity contribution in [2.45, 2.75) is 18.9 Å². The van der Waals surface area contributed by atoms with Gasteiger partial charge in [0.2, 0.25) is 0 Å². The molecule has 0 amide bonds. The summed E-state index contributed by atoms with van der Waals surface area (Å²) in [5, 5.41) is 9.68. The van der Waals surface area contributed by atoms with Gasteiger partial charge in [0.1, 0.15) is 0 Å². The minimum Gasteiger partial charge on any atom is -0.396 e. The van der Waals surface area contributed by atoms with Crippen molar-refractivity contribution in [3.05, 3.63) is 35.9 Å². The molecular formula is C17H25NO3. The van der Waals surface area contributed by atoms with E-state index in [-0.39, 0.29) is 12.0 Å². The van der Waals surface area contributed by atoms with E-state index in [1.54, 1.807) is 0 Å². The van der Waals surface area contributed by atoms with Crippen LogP contribution in [0.3, 0.4) is 0 Å². The highest BCUT2D eigenvalue weighted by molar-refractivity contribution is 5.15. The largest absolute Gasteiger partial charge is 0.396 e. The van der Waals surface area contributed by atoms with Crippen LogP contribution < -0.4 is 0 Å². The molecule has 0 saturated carbocycles. The zero-order valence-corrected chi connectivity index (χ0v) is 12.5. The highest BCUT2D eigenvalue weighted by Crippen LogP contribution is 2.29. The molecule has 0 bridgehead atoms. The minimum atomic E-state index is -0.0563. The van der Waals surface area contributed by atoms with Gasteiger partial charge in [-0.25, -0.2) is 0 Å². The van der Waals surface area contributed by atoms with Crippen LogP contribution in [0.4, 0.5) is 0 Å². The van der Waals surface area contributed by atoms with Gasteiger partial charge in [-0.2, -0.15) is 0 Å². The first-order valence-corrected chi connectivity index (χ1v) is 7.86.